The van der Waals surface area contributed by atoms with Gasteiger partial charge in [-0.3, -0.25) is 4.57 Å². The van der Waals surface area contributed by atoms with Gasteiger partial charge >= 0.3 is 5.76 Å². The van der Waals surface area contributed by atoms with E-state index in [0.29, 0.717) is 5.58 Å². The van der Waals surface area contributed by atoms with Gasteiger partial charge in [0.25, 0.3) is 0 Å². The first-order valence-corrected chi connectivity index (χ1v) is 6.20. The molecule has 0 fully saturated rings. The fraction of sp³-hybridized carbons (Fsp3) is 0.462. The predicted molar refractivity (Wildman–Crippen MR) is 73.1 cm³/mol. The van der Waals surface area contributed by atoms with Crippen LogP contribution >= 0.6 is 0 Å². The maximum absolute atomic E-state index is 11.4. The van der Waals surface area contributed by atoms with Crippen LogP contribution in [0.3, 0.4) is 0 Å². The van der Waals surface area contributed by atoms with Gasteiger partial charge in [-0.2, -0.15) is 0 Å². The second kappa shape index (κ2) is 5.73. The lowest BCUT2D eigenvalue weighted by Crippen LogP contribution is -2.10. The maximum atomic E-state index is 11.4. The molecule has 1 aromatic heterocycles. The lowest BCUT2D eigenvalue weighted by Gasteiger charge is -2.06. The van der Waals surface area contributed by atoms with Crippen LogP contribution in [0, 0.1) is 0 Å². The highest BCUT2D eigenvalue weighted by atomic mass is 16.4. The summed E-state index contributed by atoms with van der Waals surface area (Å²) < 4.78 is 6.60. The van der Waals surface area contributed by atoms with Crippen molar-refractivity contribution in [2.45, 2.75) is 12.8 Å². The fourth-order valence-electron chi connectivity index (χ4n) is 1.90. The Kier molecular flexibility index (Phi) is 4.04. The molecule has 1 aromatic carbocycles. The molecular weight excluding hydrogens is 230 g/mol. The van der Waals surface area contributed by atoms with E-state index >= 15 is 0 Å². The molecule has 18 heavy (non-hydrogen) atoms. The molecular formula is C13H19N3O2. The number of aromatic nitrogens is 1. The second-order valence-corrected chi connectivity index (χ2v) is 4.35. The van der Waals surface area contributed by atoms with Gasteiger partial charge in [0.1, 0.15) is 0 Å². The van der Waals surface area contributed by atoms with Gasteiger partial charge in [0, 0.05) is 19.3 Å². The average molecular weight is 249 g/mol. The molecule has 2 aromatic rings. The molecule has 0 spiro atoms. The van der Waals surface area contributed by atoms with Crippen LogP contribution in [-0.2, 0) is 7.05 Å². The number of oxazole rings is 1. The highest BCUT2D eigenvalue weighted by molar-refractivity contribution is 5.77. The van der Waals surface area contributed by atoms with E-state index in [1.165, 1.54) is 4.57 Å². The standard InChI is InChI=1S/C13H19N3O2/c1-14-7-3-4-8-15-10-5-6-12-11(9-10)16(2)13(17)18-12/h5-6,9,14-15H,3-4,7-8H2,1-2H3. The van der Waals surface area contributed by atoms with Crippen LogP contribution in [0.1, 0.15) is 12.8 Å². The average Bonchev–Trinajstić information content (AvgIpc) is 2.65. The van der Waals surface area contributed by atoms with Crippen LogP contribution in [0.25, 0.3) is 11.1 Å². The molecule has 0 saturated carbocycles. The number of rotatable bonds is 6. The van der Waals surface area contributed by atoms with Gasteiger partial charge in [-0.15, -0.1) is 0 Å². The van der Waals surface area contributed by atoms with Crippen LogP contribution in [0.15, 0.2) is 27.4 Å². The fourth-order valence-corrected chi connectivity index (χ4v) is 1.90. The Labute approximate surface area is 106 Å². The second-order valence-electron chi connectivity index (χ2n) is 4.35. The van der Waals surface area contributed by atoms with E-state index in [2.05, 4.69) is 10.6 Å². The van der Waals surface area contributed by atoms with Crippen LogP contribution < -0.4 is 16.4 Å². The SMILES string of the molecule is CNCCCCNc1ccc2oc(=O)n(C)c2c1. The normalized spacial score (nSPS) is 11.0. The molecule has 2 N–H and O–H groups in total. The molecule has 5 nitrogen and oxygen atoms in total. The summed E-state index contributed by atoms with van der Waals surface area (Å²) in [7, 11) is 3.67. The number of aryl methyl sites for hydroxylation is 1. The van der Waals surface area contributed by atoms with E-state index in [9.17, 15) is 4.79 Å². The van der Waals surface area contributed by atoms with Crippen molar-refractivity contribution >= 4 is 16.8 Å². The van der Waals surface area contributed by atoms with Crippen molar-refractivity contribution in [2.75, 3.05) is 25.5 Å². The Bertz CT molecular complexity index is 571. The van der Waals surface area contributed by atoms with Crippen molar-refractivity contribution in [3.63, 3.8) is 0 Å². The Morgan fingerprint density at radius 3 is 2.83 bits per heavy atom. The first-order valence-electron chi connectivity index (χ1n) is 6.20. The molecule has 0 saturated heterocycles. The third kappa shape index (κ3) is 2.73. The topological polar surface area (TPSA) is 59.2 Å². The van der Waals surface area contributed by atoms with E-state index in [-0.39, 0.29) is 5.76 Å². The molecule has 1 heterocycles. The van der Waals surface area contributed by atoms with Gasteiger partial charge in [-0.05, 0) is 44.6 Å². The van der Waals surface area contributed by atoms with E-state index in [4.69, 9.17) is 4.42 Å². The summed E-state index contributed by atoms with van der Waals surface area (Å²) in [6, 6.07) is 5.70. The minimum atomic E-state index is -0.323. The largest absolute Gasteiger partial charge is 0.419 e. The third-order valence-corrected chi connectivity index (χ3v) is 2.97. The van der Waals surface area contributed by atoms with Gasteiger partial charge in [0.05, 0.1) is 5.52 Å². The minimum Gasteiger partial charge on any atom is -0.408 e. The van der Waals surface area contributed by atoms with E-state index in [1.54, 1.807) is 7.05 Å². The van der Waals surface area contributed by atoms with Gasteiger partial charge in [0.2, 0.25) is 0 Å². The van der Waals surface area contributed by atoms with Gasteiger partial charge < -0.3 is 15.1 Å². The molecule has 0 bridgehead atoms. The zero-order chi connectivity index (χ0) is 13.0. The zero-order valence-corrected chi connectivity index (χ0v) is 10.8. The Morgan fingerprint density at radius 1 is 1.28 bits per heavy atom. The monoisotopic (exact) mass is 249 g/mol. The van der Waals surface area contributed by atoms with E-state index in [1.807, 2.05) is 25.2 Å². The smallest absolute Gasteiger partial charge is 0.408 e. The summed E-state index contributed by atoms with van der Waals surface area (Å²) >= 11 is 0. The number of anilines is 1. The Balaban J connectivity index is 2.01. The van der Waals surface area contributed by atoms with Crippen molar-refractivity contribution < 1.29 is 4.42 Å². The molecule has 2 rings (SSSR count). The van der Waals surface area contributed by atoms with Crippen LogP contribution in [0.5, 0.6) is 0 Å². The summed E-state index contributed by atoms with van der Waals surface area (Å²) in [5, 5.41) is 6.47. The molecule has 0 aliphatic rings. The summed E-state index contributed by atoms with van der Waals surface area (Å²) in [6.07, 6.45) is 2.26. The molecule has 5 heteroatoms. The molecule has 0 aliphatic carbocycles. The lowest BCUT2D eigenvalue weighted by atomic mass is 10.2. The summed E-state index contributed by atoms with van der Waals surface area (Å²) in [5.41, 5.74) is 2.46. The van der Waals surface area contributed by atoms with Crippen molar-refractivity contribution in [1.29, 1.82) is 0 Å². The predicted octanol–water partition coefficient (Wildman–Crippen LogP) is 1.54. The Morgan fingerprint density at radius 2 is 2.06 bits per heavy atom. The highest BCUT2D eigenvalue weighted by Gasteiger charge is 2.05. The van der Waals surface area contributed by atoms with E-state index < -0.39 is 0 Å². The van der Waals surface area contributed by atoms with Crippen molar-refractivity contribution in [2.24, 2.45) is 7.05 Å². The molecule has 0 unspecified atom stereocenters. The molecule has 0 aliphatic heterocycles. The summed E-state index contributed by atoms with van der Waals surface area (Å²) in [4.78, 5) is 11.4. The summed E-state index contributed by atoms with van der Waals surface area (Å²) in [6.45, 7) is 1.97. The third-order valence-electron chi connectivity index (χ3n) is 2.97. The molecule has 98 valence electrons. The first-order chi connectivity index (χ1) is 8.72. The number of hydrogen-bond donors (Lipinski definition) is 2. The number of nitrogens with zero attached hydrogens (tertiary/aromatic N) is 1. The number of unbranched alkanes of at least 4 members (excludes halogenated alkanes) is 1. The summed E-state index contributed by atoms with van der Waals surface area (Å²) in [5.74, 6) is -0.323. The van der Waals surface area contributed by atoms with E-state index in [0.717, 1.165) is 37.1 Å². The zero-order valence-electron chi connectivity index (χ0n) is 10.8. The number of nitrogens with one attached hydrogen (secondary N) is 2. The van der Waals surface area contributed by atoms with Crippen LogP contribution in [0.2, 0.25) is 0 Å². The maximum Gasteiger partial charge on any atom is 0.419 e. The molecule has 0 amide bonds. The minimum absolute atomic E-state index is 0.323. The number of hydrogen-bond acceptors (Lipinski definition) is 4. The quantitative estimate of drug-likeness (QED) is 0.762. The molecule has 0 radical (unpaired) electrons. The van der Waals surface area contributed by atoms with Crippen molar-refractivity contribution in [1.82, 2.24) is 9.88 Å². The Hall–Kier alpha value is -1.75. The highest BCUT2D eigenvalue weighted by Crippen LogP contribution is 2.17. The first kappa shape index (κ1) is 12.7. The van der Waals surface area contributed by atoms with Gasteiger partial charge in [-0.25, -0.2) is 4.79 Å². The van der Waals surface area contributed by atoms with Gasteiger partial charge in [0.15, 0.2) is 5.58 Å². The lowest BCUT2D eigenvalue weighted by molar-refractivity contribution is 0.528. The van der Waals surface area contributed by atoms with Crippen LogP contribution in [-0.4, -0.2) is 24.7 Å². The number of fused-ring (bicyclic) bond motifs is 1. The number of benzene rings is 1. The molecule has 0 atom stereocenters. The van der Waals surface area contributed by atoms with Crippen molar-refractivity contribution in [3.8, 4) is 0 Å². The van der Waals surface area contributed by atoms with Gasteiger partial charge in [-0.1, -0.05) is 0 Å². The van der Waals surface area contributed by atoms with Crippen LogP contribution in [0.4, 0.5) is 5.69 Å². The van der Waals surface area contributed by atoms with Crippen molar-refractivity contribution in [3.05, 3.63) is 28.7 Å².